The number of benzene rings is 1. The standard InChI is InChI=1S/C23H26N2O8/c1-22(31)9-6-5-7-12(26)13(9)17(27)14-10(22)8-11-16(25(2)3)18(33-4)15(21(24)30)20(29)23(11,32)19(14)28/h5-7,10-11,16,26-27,31-32H,8H2,1-4H3,(H2,24,30)/t10-,11-,16-,22+,23-/m0/s1. The number of rotatable bonds is 3. The van der Waals surface area contributed by atoms with E-state index >= 15 is 0 Å². The lowest BCUT2D eigenvalue weighted by atomic mass is 9.54. The van der Waals surface area contributed by atoms with Crippen molar-refractivity contribution in [3.63, 3.8) is 0 Å². The molecule has 1 amide bonds. The lowest BCUT2D eigenvalue weighted by Gasteiger charge is -2.53. The molecule has 0 aliphatic heterocycles. The van der Waals surface area contributed by atoms with E-state index in [0.717, 1.165) is 0 Å². The average molecular weight is 458 g/mol. The highest BCUT2D eigenvalue weighted by atomic mass is 16.5. The third-order valence-electron chi connectivity index (χ3n) is 7.22. The Kier molecular flexibility index (Phi) is 4.97. The Morgan fingerprint density at radius 3 is 2.36 bits per heavy atom. The van der Waals surface area contributed by atoms with Crippen molar-refractivity contribution in [1.29, 1.82) is 0 Å². The second kappa shape index (κ2) is 7.14. The Balaban J connectivity index is 2.04. The number of carbonyl (C=O) groups excluding carboxylic acids is 3. The number of Topliss-reactive ketones (excluding diaryl/α,β-unsaturated/α-hetero) is 2. The predicted octanol–water partition coefficient (Wildman–Crippen LogP) is -0.283. The number of amides is 1. The van der Waals surface area contributed by atoms with E-state index in [1.165, 1.54) is 32.2 Å². The van der Waals surface area contributed by atoms with Crippen LogP contribution >= 0.6 is 0 Å². The molecule has 1 aromatic carbocycles. The zero-order chi connectivity index (χ0) is 24.6. The summed E-state index contributed by atoms with van der Waals surface area (Å²) in [5, 5.41) is 44.5. The Bertz CT molecular complexity index is 1160. The van der Waals surface area contributed by atoms with Gasteiger partial charge in [0.15, 0.2) is 5.60 Å². The maximum Gasteiger partial charge on any atom is 0.255 e. The molecule has 0 spiro atoms. The number of ether oxygens (including phenoxy) is 1. The molecule has 1 aromatic rings. The van der Waals surface area contributed by atoms with E-state index in [2.05, 4.69) is 0 Å². The number of aromatic hydroxyl groups is 1. The number of likely N-dealkylation sites (N-methyl/N-ethyl adjacent to an activating group) is 1. The normalized spacial score (nSPS) is 33.6. The Morgan fingerprint density at radius 2 is 1.82 bits per heavy atom. The van der Waals surface area contributed by atoms with Crippen molar-refractivity contribution in [3.05, 3.63) is 46.2 Å². The molecule has 0 saturated heterocycles. The predicted molar refractivity (Wildman–Crippen MR) is 114 cm³/mol. The number of phenols is 1. The van der Waals surface area contributed by atoms with Crippen LogP contribution in [0.25, 0.3) is 5.76 Å². The van der Waals surface area contributed by atoms with E-state index in [9.17, 15) is 34.8 Å². The molecular weight excluding hydrogens is 432 g/mol. The van der Waals surface area contributed by atoms with E-state index in [4.69, 9.17) is 10.5 Å². The number of hydrogen-bond donors (Lipinski definition) is 5. The second-order valence-corrected chi connectivity index (χ2v) is 9.14. The molecule has 1 fully saturated rings. The van der Waals surface area contributed by atoms with Crippen LogP contribution in [0.1, 0.15) is 24.5 Å². The minimum Gasteiger partial charge on any atom is -0.507 e. The number of nitrogens with two attached hydrogens (primary N) is 1. The number of nitrogens with zero attached hydrogens (tertiary/aromatic N) is 1. The van der Waals surface area contributed by atoms with Crippen LogP contribution in [0, 0.1) is 11.8 Å². The molecule has 0 bridgehead atoms. The number of methoxy groups -OCH3 is 1. The molecule has 10 heteroatoms. The monoisotopic (exact) mass is 458 g/mol. The summed E-state index contributed by atoms with van der Waals surface area (Å²) in [6.07, 6.45) is -0.114. The number of hydrogen-bond acceptors (Lipinski definition) is 9. The largest absolute Gasteiger partial charge is 0.507 e. The van der Waals surface area contributed by atoms with Gasteiger partial charge in [-0.3, -0.25) is 19.3 Å². The average Bonchev–Trinajstić information content (AvgIpc) is 2.73. The van der Waals surface area contributed by atoms with Gasteiger partial charge in [-0.2, -0.15) is 0 Å². The maximum absolute atomic E-state index is 13.8. The van der Waals surface area contributed by atoms with Crippen molar-refractivity contribution < 1.29 is 39.5 Å². The fourth-order valence-corrected chi connectivity index (χ4v) is 5.70. The lowest BCUT2D eigenvalue weighted by Crippen LogP contribution is -2.68. The third-order valence-corrected chi connectivity index (χ3v) is 7.22. The van der Waals surface area contributed by atoms with Crippen LogP contribution in [0.4, 0.5) is 0 Å². The molecule has 6 N–H and O–H groups in total. The van der Waals surface area contributed by atoms with Gasteiger partial charge in [0, 0.05) is 17.4 Å². The molecule has 3 aliphatic rings. The molecule has 0 radical (unpaired) electrons. The first-order valence-corrected chi connectivity index (χ1v) is 10.4. The number of phenolic OH excluding ortho intramolecular Hbond substituents is 1. The van der Waals surface area contributed by atoms with E-state index in [1.807, 2.05) is 0 Å². The van der Waals surface area contributed by atoms with E-state index < -0.39 is 57.9 Å². The minimum absolute atomic E-state index is 0.0786. The van der Waals surface area contributed by atoms with Crippen molar-refractivity contribution in [2.24, 2.45) is 17.6 Å². The summed E-state index contributed by atoms with van der Waals surface area (Å²) in [5.74, 6) is -6.77. The first-order chi connectivity index (χ1) is 15.3. The van der Waals surface area contributed by atoms with Crippen molar-refractivity contribution in [2.45, 2.75) is 30.6 Å². The van der Waals surface area contributed by atoms with Crippen molar-refractivity contribution in [2.75, 3.05) is 21.2 Å². The molecule has 3 aliphatic carbocycles. The van der Waals surface area contributed by atoms with Gasteiger partial charge in [0.05, 0.1) is 24.3 Å². The fraction of sp³-hybridized carbons (Fsp3) is 0.435. The summed E-state index contributed by atoms with van der Waals surface area (Å²) in [6, 6.07) is 3.39. The van der Waals surface area contributed by atoms with Gasteiger partial charge in [-0.15, -0.1) is 0 Å². The maximum atomic E-state index is 13.8. The number of carbonyl (C=O) groups is 3. The molecule has 0 unspecified atom stereocenters. The number of primary amides is 1. The fourth-order valence-electron chi connectivity index (χ4n) is 5.70. The van der Waals surface area contributed by atoms with Crippen molar-refractivity contribution >= 4 is 23.2 Å². The first kappa shape index (κ1) is 23.0. The third kappa shape index (κ3) is 2.74. The number of ketones is 2. The summed E-state index contributed by atoms with van der Waals surface area (Å²) < 4.78 is 5.36. The molecule has 10 nitrogen and oxygen atoms in total. The smallest absolute Gasteiger partial charge is 0.255 e. The van der Waals surface area contributed by atoms with Crippen LogP contribution in [0.5, 0.6) is 5.75 Å². The highest BCUT2D eigenvalue weighted by Crippen LogP contribution is 2.56. The van der Waals surface area contributed by atoms with E-state index in [1.54, 1.807) is 19.0 Å². The first-order valence-electron chi connectivity index (χ1n) is 10.4. The molecule has 176 valence electrons. The topological polar surface area (TPSA) is 171 Å². The SMILES string of the molecule is COC1=C(C(N)=O)C(=O)[C@@]2(O)C(=O)C3=C(O)c4c(O)cccc4[C@@](C)(O)[C@H]3C[C@H]2[C@@H]1N(C)C. The number of aliphatic hydroxyl groups excluding tert-OH is 1. The Hall–Kier alpha value is -3.21. The van der Waals surface area contributed by atoms with Crippen LogP contribution in [-0.2, 0) is 24.7 Å². The summed E-state index contributed by atoms with van der Waals surface area (Å²) in [5.41, 5.74) is -0.00742. The summed E-state index contributed by atoms with van der Waals surface area (Å²) in [7, 11) is 4.50. The van der Waals surface area contributed by atoms with Gasteiger partial charge >= 0.3 is 0 Å². The molecule has 1 saturated carbocycles. The van der Waals surface area contributed by atoms with Crippen molar-refractivity contribution in [1.82, 2.24) is 4.90 Å². The van der Waals surface area contributed by atoms with Crippen molar-refractivity contribution in [3.8, 4) is 5.75 Å². The van der Waals surface area contributed by atoms with Gasteiger partial charge in [0.25, 0.3) is 5.91 Å². The Labute approximate surface area is 189 Å². The second-order valence-electron chi connectivity index (χ2n) is 9.14. The van der Waals surface area contributed by atoms with Crippen LogP contribution in [0.15, 0.2) is 35.1 Å². The van der Waals surface area contributed by atoms with Gasteiger partial charge in [-0.05, 0) is 39.1 Å². The minimum atomic E-state index is -2.74. The Morgan fingerprint density at radius 1 is 1.18 bits per heavy atom. The van der Waals surface area contributed by atoms with E-state index in [-0.39, 0.29) is 34.6 Å². The molecule has 33 heavy (non-hydrogen) atoms. The quantitative estimate of drug-likeness (QED) is 0.302. The highest BCUT2D eigenvalue weighted by Gasteiger charge is 2.67. The van der Waals surface area contributed by atoms with Gasteiger partial charge in [0.2, 0.25) is 11.6 Å². The van der Waals surface area contributed by atoms with Gasteiger partial charge in [-0.25, -0.2) is 0 Å². The highest BCUT2D eigenvalue weighted by molar-refractivity contribution is 6.33. The zero-order valence-corrected chi connectivity index (χ0v) is 18.6. The van der Waals surface area contributed by atoms with Crippen LogP contribution in [0.2, 0.25) is 0 Å². The lowest BCUT2D eigenvalue weighted by molar-refractivity contribution is -0.166. The van der Waals surface area contributed by atoms with Crippen LogP contribution in [-0.4, -0.2) is 75.6 Å². The van der Waals surface area contributed by atoms with E-state index in [0.29, 0.717) is 0 Å². The zero-order valence-electron chi connectivity index (χ0n) is 18.6. The molecular formula is C23H26N2O8. The van der Waals surface area contributed by atoms with Crippen LogP contribution in [0.3, 0.4) is 0 Å². The molecule has 4 rings (SSSR count). The number of fused-ring (bicyclic) bond motifs is 3. The van der Waals surface area contributed by atoms with Crippen LogP contribution < -0.4 is 5.73 Å². The van der Waals surface area contributed by atoms with Gasteiger partial charge < -0.3 is 30.9 Å². The molecule has 0 heterocycles. The van der Waals surface area contributed by atoms with Gasteiger partial charge in [0.1, 0.15) is 22.8 Å². The number of aliphatic hydroxyl groups is 3. The molecule has 5 atom stereocenters. The summed E-state index contributed by atoms with van der Waals surface area (Å²) in [4.78, 5) is 40.9. The summed E-state index contributed by atoms with van der Waals surface area (Å²) in [6.45, 7) is 1.44. The summed E-state index contributed by atoms with van der Waals surface area (Å²) >= 11 is 0. The van der Waals surface area contributed by atoms with Gasteiger partial charge in [-0.1, -0.05) is 12.1 Å². The molecule has 0 aromatic heterocycles.